The van der Waals surface area contributed by atoms with E-state index in [4.69, 9.17) is 0 Å². The molecule has 0 spiro atoms. The number of hydrogen-bond acceptors (Lipinski definition) is 1. The molecule has 0 amide bonds. The SMILES string of the molecule is CC(C)C(CNC1CC1)c1cccc(F)c1. The topological polar surface area (TPSA) is 12.0 Å². The van der Waals surface area contributed by atoms with Crippen LogP contribution in [0.25, 0.3) is 0 Å². The number of nitrogens with one attached hydrogen (secondary N) is 1. The molecule has 1 N–H and O–H groups in total. The second kappa shape index (κ2) is 4.96. The van der Waals surface area contributed by atoms with Gasteiger partial charge in [0.15, 0.2) is 0 Å². The van der Waals surface area contributed by atoms with Crippen LogP contribution in [0.5, 0.6) is 0 Å². The van der Waals surface area contributed by atoms with Gasteiger partial charge in [-0.25, -0.2) is 4.39 Å². The summed E-state index contributed by atoms with van der Waals surface area (Å²) in [4.78, 5) is 0. The Balaban J connectivity index is 2.04. The zero-order valence-corrected chi connectivity index (χ0v) is 10.0. The van der Waals surface area contributed by atoms with Gasteiger partial charge in [-0.1, -0.05) is 26.0 Å². The summed E-state index contributed by atoms with van der Waals surface area (Å²) in [6, 6.07) is 7.73. The van der Waals surface area contributed by atoms with E-state index in [0.717, 1.165) is 18.2 Å². The highest BCUT2D eigenvalue weighted by atomic mass is 19.1. The van der Waals surface area contributed by atoms with E-state index in [0.29, 0.717) is 11.8 Å². The van der Waals surface area contributed by atoms with Crippen molar-refractivity contribution in [3.05, 3.63) is 35.6 Å². The summed E-state index contributed by atoms with van der Waals surface area (Å²) in [6.07, 6.45) is 2.60. The second-order valence-electron chi connectivity index (χ2n) is 5.09. The predicted octanol–water partition coefficient (Wildman–Crippen LogP) is 3.32. The molecule has 88 valence electrons. The third kappa shape index (κ3) is 3.05. The molecule has 0 radical (unpaired) electrons. The van der Waals surface area contributed by atoms with Crippen molar-refractivity contribution in [1.82, 2.24) is 5.32 Å². The van der Waals surface area contributed by atoms with Crippen molar-refractivity contribution in [2.75, 3.05) is 6.54 Å². The molecule has 16 heavy (non-hydrogen) atoms. The lowest BCUT2D eigenvalue weighted by Crippen LogP contribution is -2.26. The molecular weight excluding hydrogens is 201 g/mol. The summed E-state index contributed by atoms with van der Waals surface area (Å²) < 4.78 is 13.2. The molecule has 0 bridgehead atoms. The Morgan fingerprint density at radius 2 is 2.12 bits per heavy atom. The number of hydrogen-bond donors (Lipinski definition) is 1. The normalized spacial score (nSPS) is 17.8. The summed E-state index contributed by atoms with van der Waals surface area (Å²) in [5.41, 5.74) is 1.11. The van der Waals surface area contributed by atoms with Crippen LogP contribution in [0, 0.1) is 11.7 Å². The third-order valence-corrected chi connectivity index (χ3v) is 3.29. The first-order valence-electron chi connectivity index (χ1n) is 6.15. The van der Waals surface area contributed by atoms with E-state index < -0.39 is 0 Å². The van der Waals surface area contributed by atoms with Gasteiger partial charge < -0.3 is 5.32 Å². The van der Waals surface area contributed by atoms with Gasteiger partial charge in [0, 0.05) is 12.6 Å². The van der Waals surface area contributed by atoms with Crippen molar-refractivity contribution < 1.29 is 4.39 Å². The van der Waals surface area contributed by atoms with Crippen LogP contribution in [-0.4, -0.2) is 12.6 Å². The van der Waals surface area contributed by atoms with Gasteiger partial charge >= 0.3 is 0 Å². The molecule has 1 aromatic rings. The maximum Gasteiger partial charge on any atom is 0.123 e. The van der Waals surface area contributed by atoms with Gasteiger partial charge in [0.05, 0.1) is 0 Å². The average Bonchev–Trinajstić information content (AvgIpc) is 3.01. The van der Waals surface area contributed by atoms with Gasteiger partial charge in [-0.05, 0) is 42.4 Å². The molecule has 2 rings (SSSR count). The van der Waals surface area contributed by atoms with Crippen molar-refractivity contribution >= 4 is 0 Å². The van der Waals surface area contributed by atoms with Gasteiger partial charge in [-0.15, -0.1) is 0 Å². The van der Waals surface area contributed by atoms with Crippen LogP contribution >= 0.6 is 0 Å². The number of benzene rings is 1. The van der Waals surface area contributed by atoms with E-state index in [9.17, 15) is 4.39 Å². The van der Waals surface area contributed by atoms with E-state index in [1.165, 1.54) is 18.9 Å². The quantitative estimate of drug-likeness (QED) is 0.804. The maximum absolute atomic E-state index is 13.2. The highest BCUT2D eigenvalue weighted by Gasteiger charge is 2.23. The minimum Gasteiger partial charge on any atom is -0.313 e. The maximum atomic E-state index is 13.2. The van der Waals surface area contributed by atoms with Crippen molar-refractivity contribution in [2.45, 2.75) is 38.6 Å². The molecule has 0 heterocycles. The first kappa shape index (κ1) is 11.6. The lowest BCUT2D eigenvalue weighted by molar-refractivity contribution is 0.458. The Morgan fingerprint density at radius 3 is 2.69 bits per heavy atom. The van der Waals surface area contributed by atoms with Gasteiger partial charge in [0.1, 0.15) is 5.82 Å². The van der Waals surface area contributed by atoms with E-state index in [1.807, 2.05) is 6.07 Å². The minimum absolute atomic E-state index is 0.130. The summed E-state index contributed by atoms with van der Waals surface area (Å²) in [5.74, 6) is 0.818. The van der Waals surface area contributed by atoms with Gasteiger partial charge in [0.25, 0.3) is 0 Å². The van der Waals surface area contributed by atoms with E-state index >= 15 is 0 Å². The van der Waals surface area contributed by atoms with Crippen molar-refractivity contribution in [1.29, 1.82) is 0 Å². The molecule has 1 nitrogen and oxygen atoms in total. The van der Waals surface area contributed by atoms with Gasteiger partial charge in [0.2, 0.25) is 0 Å². The molecule has 0 aliphatic heterocycles. The van der Waals surface area contributed by atoms with Gasteiger partial charge in [-0.3, -0.25) is 0 Å². The molecule has 1 aromatic carbocycles. The smallest absolute Gasteiger partial charge is 0.123 e. The van der Waals surface area contributed by atoms with Gasteiger partial charge in [-0.2, -0.15) is 0 Å². The average molecular weight is 221 g/mol. The Morgan fingerprint density at radius 1 is 1.38 bits per heavy atom. The fraction of sp³-hybridized carbons (Fsp3) is 0.571. The van der Waals surface area contributed by atoms with Crippen LogP contribution in [0.15, 0.2) is 24.3 Å². The molecule has 1 atom stereocenters. The fourth-order valence-corrected chi connectivity index (χ4v) is 2.06. The highest BCUT2D eigenvalue weighted by Crippen LogP contribution is 2.26. The molecule has 1 aliphatic carbocycles. The summed E-state index contributed by atoms with van der Waals surface area (Å²) in [7, 11) is 0. The summed E-state index contributed by atoms with van der Waals surface area (Å²) in [6.45, 7) is 5.36. The monoisotopic (exact) mass is 221 g/mol. The van der Waals surface area contributed by atoms with E-state index in [2.05, 4.69) is 19.2 Å². The summed E-state index contributed by atoms with van der Waals surface area (Å²) >= 11 is 0. The summed E-state index contributed by atoms with van der Waals surface area (Å²) in [5, 5.41) is 3.53. The third-order valence-electron chi connectivity index (χ3n) is 3.29. The standard InChI is InChI=1S/C14H20FN/c1-10(2)14(9-16-13-6-7-13)11-4-3-5-12(15)8-11/h3-5,8,10,13-14,16H,6-7,9H2,1-2H3. The lowest BCUT2D eigenvalue weighted by atomic mass is 9.88. The van der Waals surface area contributed by atoms with Crippen LogP contribution in [0.3, 0.4) is 0 Å². The molecule has 0 aromatic heterocycles. The Kier molecular flexibility index (Phi) is 3.59. The lowest BCUT2D eigenvalue weighted by Gasteiger charge is -2.22. The second-order valence-corrected chi connectivity index (χ2v) is 5.09. The fourth-order valence-electron chi connectivity index (χ4n) is 2.06. The number of halogens is 1. The van der Waals surface area contributed by atoms with Crippen LogP contribution in [0.4, 0.5) is 4.39 Å². The molecule has 1 saturated carbocycles. The zero-order chi connectivity index (χ0) is 11.5. The number of rotatable bonds is 5. The Labute approximate surface area is 97.1 Å². The van der Waals surface area contributed by atoms with Crippen molar-refractivity contribution in [3.8, 4) is 0 Å². The molecule has 2 heteroatoms. The molecular formula is C14H20FN. The largest absolute Gasteiger partial charge is 0.313 e. The van der Waals surface area contributed by atoms with Crippen LogP contribution < -0.4 is 5.32 Å². The first-order chi connectivity index (χ1) is 7.66. The van der Waals surface area contributed by atoms with E-state index in [1.54, 1.807) is 12.1 Å². The van der Waals surface area contributed by atoms with Crippen LogP contribution in [0.1, 0.15) is 38.2 Å². The van der Waals surface area contributed by atoms with Crippen molar-refractivity contribution in [2.24, 2.45) is 5.92 Å². The predicted molar refractivity (Wildman–Crippen MR) is 65.0 cm³/mol. The molecule has 1 unspecified atom stereocenters. The highest BCUT2D eigenvalue weighted by molar-refractivity contribution is 5.21. The van der Waals surface area contributed by atoms with Crippen LogP contribution in [-0.2, 0) is 0 Å². The first-order valence-corrected chi connectivity index (χ1v) is 6.15. The molecule has 0 saturated heterocycles. The van der Waals surface area contributed by atoms with Crippen molar-refractivity contribution in [3.63, 3.8) is 0 Å². The van der Waals surface area contributed by atoms with E-state index in [-0.39, 0.29) is 5.82 Å². The zero-order valence-electron chi connectivity index (χ0n) is 10.0. The molecule has 1 fully saturated rings. The Hall–Kier alpha value is -0.890. The molecule has 1 aliphatic rings. The Bertz CT molecular complexity index is 344. The van der Waals surface area contributed by atoms with Crippen LogP contribution in [0.2, 0.25) is 0 Å². The minimum atomic E-state index is -0.130.